The summed E-state index contributed by atoms with van der Waals surface area (Å²) in [5.74, 6) is -0.673. The molecule has 0 bridgehead atoms. The molecule has 35 heavy (non-hydrogen) atoms. The summed E-state index contributed by atoms with van der Waals surface area (Å²) in [7, 11) is 0. The second-order valence-electron chi connectivity index (χ2n) is 8.43. The SMILES string of the molecule is Cc1cc([C@@H](C)Nc2ccc(Cl)nc2C(=O)O)c2nc(N3Cc4ccncc4C3)c(C#N)nc2c1. The summed E-state index contributed by atoms with van der Waals surface area (Å²) in [6.07, 6.45) is 3.58. The summed E-state index contributed by atoms with van der Waals surface area (Å²) < 4.78 is 0. The van der Waals surface area contributed by atoms with E-state index in [-0.39, 0.29) is 22.6 Å². The third-order valence-corrected chi connectivity index (χ3v) is 6.17. The Bertz CT molecular complexity index is 1510. The predicted molar refractivity (Wildman–Crippen MR) is 131 cm³/mol. The molecule has 9 nitrogen and oxygen atoms in total. The van der Waals surface area contributed by atoms with Gasteiger partial charge in [0, 0.05) is 31.0 Å². The minimum atomic E-state index is -1.18. The number of nitrogens with one attached hydrogen (secondary N) is 1. The summed E-state index contributed by atoms with van der Waals surface area (Å²) in [5, 5.41) is 22.7. The number of fused-ring (bicyclic) bond motifs is 2. The summed E-state index contributed by atoms with van der Waals surface area (Å²) in [4.78, 5) is 31.4. The van der Waals surface area contributed by atoms with Crippen LogP contribution in [-0.2, 0) is 13.1 Å². The molecule has 0 spiro atoms. The Kier molecular flexibility index (Phi) is 5.67. The first kappa shape index (κ1) is 22.5. The van der Waals surface area contributed by atoms with E-state index in [1.165, 1.54) is 6.07 Å². The van der Waals surface area contributed by atoms with Gasteiger partial charge in [-0.3, -0.25) is 4.98 Å². The summed E-state index contributed by atoms with van der Waals surface area (Å²) in [5.41, 5.74) is 5.66. The Labute approximate surface area is 206 Å². The van der Waals surface area contributed by atoms with Crippen molar-refractivity contribution in [3.05, 3.63) is 81.5 Å². The molecule has 1 aliphatic rings. The number of hydrogen-bond acceptors (Lipinski definition) is 8. The molecule has 4 heterocycles. The highest BCUT2D eigenvalue weighted by Gasteiger charge is 2.25. The van der Waals surface area contributed by atoms with Crippen molar-refractivity contribution in [2.45, 2.75) is 33.0 Å². The van der Waals surface area contributed by atoms with Crippen molar-refractivity contribution in [1.29, 1.82) is 5.26 Å². The van der Waals surface area contributed by atoms with Gasteiger partial charge in [0.1, 0.15) is 11.2 Å². The highest BCUT2D eigenvalue weighted by molar-refractivity contribution is 6.29. The minimum absolute atomic E-state index is 0.1000. The molecule has 174 valence electrons. The molecule has 3 aromatic heterocycles. The van der Waals surface area contributed by atoms with Crippen molar-refractivity contribution in [2.75, 3.05) is 10.2 Å². The number of aromatic nitrogens is 4. The van der Waals surface area contributed by atoms with Crippen molar-refractivity contribution in [3.63, 3.8) is 0 Å². The van der Waals surface area contributed by atoms with Crippen molar-refractivity contribution in [1.82, 2.24) is 19.9 Å². The topological polar surface area (TPSA) is 128 Å². The van der Waals surface area contributed by atoms with Crippen molar-refractivity contribution >= 4 is 40.1 Å². The van der Waals surface area contributed by atoms with E-state index in [4.69, 9.17) is 16.6 Å². The molecule has 0 fully saturated rings. The number of aryl methyl sites for hydroxylation is 1. The van der Waals surface area contributed by atoms with E-state index in [1.807, 2.05) is 43.1 Å². The van der Waals surface area contributed by atoms with Gasteiger partial charge in [0.05, 0.1) is 22.8 Å². The Balaban J connectivity index is 1.58. The van der Waals surface area contributed by atoms with E-state index in [9.17, 15) is 15.2 Å². The van der Waals surface area contributed by atoms with E-state index in [2.05, 4.69) is 26.3 Å². The molecule has 1 aliphatic heterocycles. The van der Waals surface area contributed by atoms with Crippen molar-refractivity contribution in [2.24, 2.45) is 0 Å². The Morgan fingerprint density at radius 1 is 1.20 bits per heavy atom. The Hall–Kier alpha value is -4.29. The third kappa shape index (κ3) is 4.20. The van der Waals surface area contributed by atoms with Gasteiger partial charge in [-0.1, -0.05) is 17.7 Å². The third-order valence-electron chi connectivity index (χ3n) is 5.96. The van der Waals surface area contributed by atoms with Crippen LogP contribution < -0.4 is 10.2 Å². The molecule has 1 aromatic carbocycles. The minimum Gasteiger partial charge on any atom is -0.476 e. The Morgan fingerprint density at radius 3 is 2.74 bits per heavy atom. The van der Waals surface area contributed by atoms with Gasteiger partial charge in [-0.05, 0) is 54.8 Å². The zero-order valence-electron chi connectivity index (χ0n) is 18.9. The number of carboxylic acid groups (broad SMARTS) is 1. The average Bonchev–Trinajstić information content (AvgIpc) is 3.27. The van der Waals surface area contributed by atoms with Crippen LogP contribution in [0.1, 0.15) is 51.4 Å². The maximum Gasteiger partial charge on any atom is 0.356 e. The predicted octanol–water partition coefficient (Wildman–Crippen LogP) is 4.64. The molecule has 10 heteroatoms. The fourth-order valence-electron chi connectivity index (χ4n) is 4.34. The molecule has 0 amide bonds. The van der Waals surface area contributed by atoms with Crippen LogP contribution >= 0.6 is 11.6 Å². The number of anilines is 2. The molecule has 1 atom stereocenters. The van der Waals surface area contributed by atoms with Crippen molar-refractivity contribution in [3.8, 4) is 6.07 Å². The van der Waals surface area contributed by atoms with E-state index < -0.39 is 5.97 Å². The van der Waals surface area contributed by atoms with E-state index >= 15 is 0 Å². The zero-order chi connectivity index (χ0) is 24.7. The van der Waals surface area contributed by atoms with Crippen LogP contribution in [0.4, 0.5) is 11.5 Å². The van der Waals surface area contributed by atoms with Crippen LogP contribution in [0, 0.1) is 18.3 Å². The highest BCUT2D eigenvalue weighted by Crippen LogP contribution is 2.33. The van der Waals surface area contributed by atoms with Crippen LogP contribution in [0.3, 0.4) is 0 Å². The normalized spacial score (nSPS) is 13.4. The van der Waals surface area contributed by atoms with Gasteiger partial charge < -0.3 is 15.3 Å². The second-order valence-corrected chi connectivity index (χ2v) is 8.82. The van der Waals surface area contributed by atoms with Crippen LogP contribution in [-0.4, -0.2) is 31.0 Å². The summed E-state index contributed by atoms with van der Waals surface area (Å²) in [6.45, 7) is 5.05. The van der Waals surface area contributed by atoms with Crippen LogP contribution in [0.5, 0.6) is 0 Å². The van der Waals surface area contributed by atoms with E-state index in [1.54, 1.807) is 12.3 Å². The first-order chi connectivity index (χ1) is 16.8. The maximum atomic E-state index is 11.7. The molecule has 0 aliphatic carbocycles. The smallest absolute Gasteiger partial charge is 0.356 e. The molecule has 5 rings (SSSR count). The fourth-order valence-corrected chi connectivity index (χ4v) is 4.49. The largest absolute Gasteiger partial charge is 0.476 e. The molecule has 0 saturated carbocycles. The van der Waals surface area contributed by atoms with Gasteiger partial charge in [0.15, 0.2) is 17.2 Å². The molecular formula is C25H20ClN7O2. The van der Waals surface area contributed by atoms with Gasteiger partial charge in [-0.15, -0.1) is 0 Å². The lowest BCUT2D eigenvalue weighted by Crippen LogP contribution is -2.19. The van der Waals surface area contributed by atoms with Gasteiger partial charge >= 0.3 is 5.97 Å². The van der Waals surface area contributed by atoms with Gasteiger partial charge in [-0.2, -0.15) is 5.26 Å². The van der Waals surface area contributed by atoms with Crippen LogP contribution in [0.25, 0.3) is 11.0 Å². The van der Waals surface area contributed by atoms with Crippen LogP contribution in [0.15, 0.2) is 42.7 Å². The lowest BCUT2D eigenvalue weighted by atomic mass is 10.0. The lowest BCUT2D eigenvalue weighted by molar-refractivity contribution is 0.0691. The number of nitrogens with zero attached hydrogens (tertiary/aromatic N) is 6. The van der Waals surface area contributed by atoms with Crippen molar-refractivity contribution < 1.29 is 9.90 Å². The quantitative estimate of drug-likeness (QED) is 0.388. The highest BCUT2D eigenvalue weighted by atomic mass is 35.5. The molecule has 2 N–H and O–H groups in total. The average molecular weight is 486 g/mol. The zero-order valence-corrected chi connectivity index (χ0v) is 19.7. The van der Waals surface area contributed by atoms with Gasteiger partial charge in [0.25, 0.3) is 0 Å². The first-order valence-electron chi connectivity index (χ1n) is 10.9. The molecule has 0 radical (unpaired) electrons. The number of aromatic carboxylic acids is 1. The number of benzene rings is 1. The maximum absolute atomic E-state index is 11.7. The Morgan fingerprint density at radius 2 is 2.00 bits per heavy atom. The monoisotopic (exact) mass is 485 g/mol. The van der Waals surface area contributed by atoms with Gasteiger partial charge in [0.2, 0.25) is 0 Å². The first-order valence-corrected chi connectivity index (χ1v) is 11.3. The summed E-state index contributed by atoms with van der Waals surface area (Å²) >= 11 is 5.90. The standard InChI is InChI=1S/C25H20ClN7O2/c1-13-7-17(14(2)29-18-3-4-21(26)31-23(18)25(34)35)22-19(8-13)30-20(9-27)24(32-22)33-11-15-5-6-28-10-16(15)12-33/h3-8,10,14,29H,11-12H2,1-2H3,(H,34,35)/t14-/m1/s1. The van der Waals surface area contributed by atoms with Crippen LogP contribution in [0.2, 0.25) is 5.15 Å². The molecule has 0 saturated heterocycles. The number of hydrogen-bond donors (Lipinski definition) is 2. The molecular weight excluding hydrogens is 466 g/mol. The number of pyridine rings is 2. The number of halogens is 1. The lowest BCUT2D eigenvalue weighted by Gasteiger charge is -2.21. The number of carboxylic acids is 1. The molecule has 4 aromatic rings. The summed E-state index contributed by atoms with van der Waals surface area (Å²) in [6, 6.07) is 10.8. The van der Waals surface area contributed by atoms with E-state index in [0.717, 1.165) is 22.3 Å². The number of rotatable bonds is 5. The van der Waals surface area contributed by atoms with Gasteiger partial charge in [-0.25, -0.2) is 19.7 Å². The second kappa shape index (κ2) is 8.81. The molecule has 0 unspecified atom stereocenters. The fraction of sp³-hybridized carbons (Fsp3) is 0.200. The number of nitriles is 1. The van der Waals surface area contributed by atoms with E-state index in [0.29, 0.717) is 35.6 Å². The number of carbonyl (C=O) groups is 1.